The minimum Gasteiger partial charge on any atom is -0.387 e. The zero-order chi connectivity index (χ0) is 15.7. The van der Waals surface area contributed by atoms with Crippen molar-refractivity contribution in [3.63, 3.8) is 0 Å². The van der Waals surface area contributed by atoms with E-state index in [0.29, 0.717) is 25.4 Å². The standard InChI is InChI=1S/C17H27N3O2/c1-13-11-20(12-17(13,22)15-5-3-6-15)16(21)7-4-9-19-10-8-18-14(19)2/h8,10,13,15,22H,3-7,9,11-12H2,1-2H3. The Balaban J connectivity index is 1.50. The second kappa shape index (κ2) is 6.03. The second-order valence-corrected chi connectivity index (χ2v) is 7.07. The molecule has 0 aromatic carbocycles. The Kier molecular flexibility index (Phi) is 4.26. The summed E-state index contributed by atoms with van der Waals surface area (Å²) in [7, 11) is 0. The Hall–Kier alpha value is -1.36. The summed E-state index contributed by atoms with van der Waals surface area (Å²) >= 11 is 0. The Bertz CT molecular complexity index is 538. The van der Waals surface area contributed by atoms with Gasteiger partial charge in [-0.15, -0.1) is 0 Å². The molecule has 0 radical (unpaired) electrons. The van der Waals surface area contributed by atoms with Crippen LogP contribution < -0.4 is 0 Å². The van der Waals surface area contributed by atoms with E-state index >= 15 is 0 Å². The van der Waals surface area contributed by atoms with Gasteiger partial charge >= 0.3 is 0 Å². The molecule has 1 aliphatic heterocycles. The molecule has 3 rings (SSSR count). The zero-order valence-corrected chi connectivity index (χ0v) is 13.7. The number of aryl methyl sites for hydroxylation is 2. The summed E-state index contributed by atoms with van der Waals surface area (Å²) in [5.74, 6) is 1.76. The van der Waals surface area contributed by atoms with E-state index in [9.17, 15) is 9.90 Å². The molecule has 1 N–H and O–H groups in total. The van der Waals surface area contributed by atoms with Gasteiger partial charge in [-0.05, 0) is 32.1 Å². The lowest BCUT2D eigenvalue weighted by molar-refractivity contribution is -0.132. The highest BCUT2D eigenvalue weighted by molar-refractivity contribution is 5.76. The average molecular weight is 305 g/mol. The van der Waals surface area contributed by atoms with Crippen LogP contribution in [0, 0.1) is 18.8 Å². The molecule has 122 valence electrons. The summed E-state index contributed by atoms with van der Waals surface area (Å²) in [6.07, 6.45) is 8.56. The quantitative estimate of drug-likeness (QED) is 0.905. The molecule has 2 fully saturated rings. The molecular weight excluding hydrogens is 278 g/mol. The van der Waals surface area contributed by atoms with E-state index in [2.05, 4.69) is 16.5 Å². The van der Waals surface area contributed by atoms with Crippen LogP contribution in [-0.2, 0) is 11.3 Å². The van der Waals surface area contributed by atoms with Crippen molar-refractivity contribution >= 4 is 5.91 Å². The molecule has 1 saturated heterocycles. The monoisotopic (exact) mass is 305 g/mol. The fourth-order valence-electron chi connectivity index (χ4n) is 3.84. The second-order valence-electron chi connectivity index (χ2n) is 7.07. The third-order valence-corrected chi connectivity index (χ3v) is 5.67. The molecule has 2 aliphatic rings. The summed E-state index contributed by atoms with van der Waals surface area (Å²) in [4.78, 5) is 18.5. The smallest absolute Gasteiger partial charge is 0.222 e. The normalized spacial score (nSPS) is 28.9. The maximum atomic E-state index is 12.4. The number of β-amino-alcohol motifs (C(OH)–C–C–N with tert-alkyl or cyclic N) is 1. The highest BCUT2D eigenvalue weighted by Crippen LogP contribution is 2.44. The van der Waals surface area contributed by atoms with Crippen molar-refractivity contribution in [2.75, 3.05) is 13.1 Å². The first kappa shape index (κ1) is 15.5. The maximum Gasteiger partial charge on any atom is 0.222 e. The third-order valence-electron chi connectivity index (χ3n) is 5.67. The molecule has 0 bridgehead atoms. The first-order valence-corrected chi connectivity index (χ1v) is 8.48. The van der Waals surface area contributed by atoms with Gasteiger partial charge in [0.1, 0.15) is 5.82 Å². The van der Waals surface area contributed by atoms with E-state index < -0.39 is 5.60 Å². The SMILES string of the molecule is Cc1nccn1CCCC(=O)N1CC(C)C(O)(C2CCC2)C1. The number of aliphatic hydroxyl groups is 1. The van der Waals surface area contributed by atoms with Gasteiger partial charge in [-0.1, -0.05) is 13.3 Å². The fraction of sp³-hybridized carbons (Fsp3) is 0.765. The van der Waals surface area contributed by atoms with Gasteiger partial charge in [-0.25, -0.2) is 4.98 Å². The van der Waals surface area contributed by atoms with Gasteiger partial charge in [0.2, 0.25) is 5.91 Å². The molecule has 5 heteroatoms. The van der Waals surface area contributed by atoms with Crippen LogP contribution in [0.4, 0.5) is 0 Å². The van der Waals surface area contributed by atoms with Crippen molar-refractivity contribution in [1.82, 2.24) is 14.5 Å². The predicted molar refractivity (Wildman–Crippen MR) is 84.2 cm³/mol. The first-order chi connectivity index (χ1) is 10.5. The van der Waals surface area contributed by atoms with E-state index in [4.69, 9.17) is 0 Å². The highest BCUT2D eigenvalue weighted by atomic mass is 16.3. The number of hydrogen-bond donors (Lipinski definition) is 1. The van der Waals surface area contributed by atoms with E-state index in [0.717, 1.165) is 31.6 Å². The molecule has 1 aromatic rings. The van der Waals surface area contributed by atoms with E-state index in [1.165, 1.54) is 6.42 Å². The van der Waals surface area contributed by atoms with Crippen LogP contribution in [0.1, 0.15) is 44.9 Å². The van der Waals surface area contributed by atoms with Crippen molar-refractivity contribution in [3.8, 4) is 0 Å². The van der Waals surface area contributed by atoms with Crippen molar-refractivity contribution in [1.29, 1.82) is 0 Å². The van der Waals surface area contributed by atoms with E-state index in [-0.39, 0.29) is 11.8 Å². The number of rotatable bonds is 5. The molecule has 2 heterocycles. The van der Waals surface area contributed by atoms with Gasteiger partial charge in [-0.3, -0.25) is 4.79 Å². The average Bonchev–Trinajstić information content (AvgIpc) is 2.93. The third kappa shape index (κ3) is 2.78. The molecule has 1 amide bonds. The molecule has 1 saturated carbocycles. The van der Waals surface area contributed by atoms with Crippen molar-refractivity contribution < 1.29 is 9.90 Å². The Labute approximate surface area is 132 Å². The zero-order valence-electron chi connectivity index (χ0n) is 13.7. The number of likely N-dealkylation sites (tertiary alicyclic amines) is 1. The van der Waals surface area contributed by atoms with Crippen molar-refractivity contribution in [3.05, 3.63) is 18.2 Å². The van der Waals surface area contributed by atoms with Gasteiger partial charge in [0, 0.05) is 44.4 Å². The minimum absolute atomic E-state index is 0.180. The van der Waals surface area contributed by atoms with Crippen LogP contribution in [0.15, 0.2) is 12.4 Å². The molecule has 2 unspecified atom stereocenters. The summed E-state index contributed by atoms with van der Waals surface area (Å²) in [6, 6.07) is 0. The number of carbonyl (C=O) groups is 1. The molecule has 1 aliphatic carbocycles. The molecule has 22 heavy (non-hydrogen) atoms. The summed E-state index contributed by atoms with van der Waals surface area (Å²) in [5, 5.41) is 10.9. The van der Waals surface area contributed by atoms with Gasteiger partial charge in [0.15, 0.2) is 0 Å². The van der Waals surface area contributed by atoms with Crippen LogP contribution in [0.25, 0.3) is 0 Å². The van der Waals surface area contributed by atoms with Crippen LogP contribution in [0.2, 0.25) is 0 Å². The fourth-order valence-corrected chi connectivity index (χ4v) is 3.84. The van der Waals surface area contributed by atoms with Crippen LogP contribution >= 0.6 is 0 Å². The van der Waals surface area contributed by atoms with E-state index in [1.807, 2.05) is 18.0 Å². The molecule has 2 atom stereocenters. The number of carbonyl (C=O) groups excluding carboxylic acids is 1. The van der Waals surface area contributed by atoms with Crippen molar-refractivity contribution in [2.45, 2.75) is 58.1 Å². The maximum absolute atomic E-state index is 12.4. The van der Waals surface area contributed by atoms with Crippen LogP contribution in [-0.4, -0.2) is 44.2 Å². The van der Waals surface area contributed by atoms with Gasteiger partial charge in [-0.2, -0.15) is 0 Å². The minimum atomic E-state index is -0.644. The lowest BCUT2D eigenvalue weighted by atomic mass is 9.69. The first-order valence-electron chi connectivity index (χ1n) is 8.48. The highest BCUT2D eigenvalue weighted by Gasteiger charge is 2.50. The molecule has 1 aromatic heterocycles. The number of imidazole rings is 1. The predicted octanol–water partition coefficient (Wildman–Crippen LogP) is 1.98. The number of amides is 1. The summed E-state index contributed by atoms with van der Waals surface area (Å²) < 4.78 is 2.07. The van der Waals surface area contributed by atoms with Crippen LogP contribution in [0.5, 0.6) is 0 Å². The number of hydrogen-bond acceptors (Lipinski definition) is 3. The molecule has 0 spiro atoms. The number of aromatic nitrogens is 2. The Morgan fingerprint density at radius 1 is 1.50 bits per heavy atom. The van der Waals surface area contributed by atoms with Crippen molar-refractivity contribution in [2.24, 2.45) is 11.8 Å². The Morgan fingerprint density at radius 3 is 2.86 bits per heavy atom. The van der Waals surface area contributed by atoms with Crippen LogP contribution in [0.3, 0.4) is 0 Å². The molecular formula is C17H27N3O2. The van der Waals surface area contributed by atoms with E-state index in [1.54, 1.807) is 6.20 Å². The van der Waals surface area contributed by atoms with Gasteiger partial charge in [0.05, 0.1) is 5.60 Å². The lowest BCUT2D eigenvalue weighted by Crippen LogP contribution is -2.48. The summed E-state index contributed by atoms with van der Waals surface area (Å²) in [5.41, 5.74) is -0.644. The topological polar surface area (TPSA) is 58.4 Å². The molecule has 5 nitrogen and oxygen atoms in total. The van der Waals surface area contributed by atoms with Gasteiger partial charge < -0.3 is 14.6 Å². The largest absolute Gasteiger partial charge is 0.387 e. The Morgan fingerprint density at radius 2 is 2.27 bits per heavy atom. The summed E-state index contributed by atoms with van der Waals surface area (Å²) in [6.45, 7) is 6.12. The number of nitrogens with zero attached hydrogens (tertiary/aromatic N) is 3. The van der Waals surface area contributed by atoms with Gasteiger partial charge in [0.25, 0.3) is 0 Å². The lowest BCUT2D eigenvalue weighted by Gasteiger charge is -2.41.